The molecule has 8 nitrogen and oxygen atoms in total. The third kappa shape index (κ3) is 2.07. The molecule has 0 fully saturated rings. The fraction of sp³-hybridized carbons (Fsp3) is 0.167. The predicted molar refractivity (Wildman–Crippen MR) is 71.9 cm³/mol. The lowest BCUT2D eigenvalue weighted by Crippen LogP contribution is -1.90. The number of aryl methyl sites for hydroxylation is 2. The summed E-state index contributed by atoms with van der Waals surface area (Å²) in [5, 5.41) is 17.9. The van der Waals surface area contributed by atoms with Crippen LogP contribution >= 0.6 is 0 Å². The van der Waals surface area contributed by atoms with E-state index in [1.165, 1.54) is 18.2 Å². The lowest BCUT2D eigenvalue weighted by atomic mass is 10.3. The smallest absolute Gasteiger partial charge is 0.300 e. The molecule has 0 unspecified atom stereocenters. The Hall–Kier alpha value is -2.90. The van der Waals surface area contributed by atoms with Crippen molar-refractivity contribution in [3.8, 4) is 0 Å². The third-order valence-corrected chi connectivity index (χ3v) is 2.84. The molecule has 3 rings (SSSR count). The van der Waals surface area contributed by atoms with Crippen LogP contribution in [0.2, 0.25) is 0 Å². The molecule has 2 heterocycles. The van der Waals surface area contributed by atoms with E-state index in [0.717, 1.165) is 11.4 Å². The van der Waals surface area contributed by atoms with Gasteiger partial charge in [-0.15, -0.1) is 0 Å². The van der Waals surface area contributed by atoms with Crippen LogP contribution in [0.5, 0.6) is 0 Å². The van der Waals surface area contributed by atoms with Crippen molar-refractivity contribution in [3.63, 3.8) is 0 Å². The molecule has 20 heavy (non-hydrogen) atoms. The fourth-order valence-corrected chi connectivity index (χ4v) is 1.92. The zero-order valence-electron chi connectivity index (χ0n) is 10.8. The van der Waals surface area contributed by atoms with Gasteiger partial charge in [0.05, 0.1) is 16.3 Å². The molecule has 1 N–H and O–H groups in total. The van der Waals surface area contributed by atoms with Gasteiger partial charge < -0.3 is 9.73 Å². The lowest BCUT2D eigenvalue weighted by Gasteiger charge is -1.96. The molecule has 0 aliphatic carbocycles. The minimum atomic E-state index is -0.466. The Morgan fingerprint density at radius 1 is 1.45 bits per heavy atom. The first-order chi connectivity index (χ1) is 9.52. The van der Waals surface area contributed by atoms with Gasteiger partial charge in [0, 0.05) is 25.4 Å². The van der Waals surface area contributed by atoms with Crippen LogP contribution in [0.3, 0.4) is 0 Å². The first-order valence-corrected chi connectivity index (χ1v) is 5.85. The fourth-order valence-electron chi connectivity index (χ4n) is 1.92. The molecule has 0 amide bonds. The normalized spacial score (nSPS) is 10.9. The molecule has 0 atom stereocenters. The van der Waals surface area contributed by atoms with E-state index in [2.05, 4.69) is 15.4 Å². The summed E-state index contributed by atoms with van der Waals surface area (Å²) in [6.07, 6.45) is 1.80. The van der Waals surface area contributed by atoms with Gasteiger partial charge in [-0.25, -0.2) is 0 Å². The van der Waals surface area contributed by atoms with E-state index in [1.807, 2.05) is 14.0 Å². The molecule has 0 aliphatic rings. The second-order valence-electron chi connectivity index (χ2n) is 4.36. The Kier molecular flexibility index (Phi) is 2.63. The van der Waals surface area contributed by atoms with Crippen LogP contribution in [-0.2, 0) is 7.05 Å². The van der Waals surface area contributed by atoms with Gasteiger partial charge in [-0.05, 0) is 13.0 Å². The Morgan fingerprint density at radius 3 is 2.90 bits per heavy atom. The van der Waals surface area contributed by atoms with E-state index in [-0.39, 0.29) is 11.7 Å². The number of hydrogen-bond acceptors (Lipinski definition) is 6. The van der Waals surface area contributed by atoms with Crippen LogP contribution in [-0.4, -0.2) is 19.7 Å². The summed E-state index contributed by atoms with van der Waals surface area (Å²) in [6.45, 7) is 1.86. The van der Waals surface area contributed by atoms with E-state index < -0.39 is 4.92 Å². The number of non-ortho nitro benzene ring substituents is 1. The first-order valence-electron chi connectivity index (χ1n) is 5.85. The van der Waals surface area contributed by atoms with Crippen molar-refractivity contribution in [1.82, 2.24) is 14.8 Å². The van der Waals surface area contributed by atoms with Gasteiger partial charge in [0.15, 0.2) is 5.58 Å². The number of anilines is 2. The summed E-state index contributed by atoms with van der Waals surface area (Å²) in [5.41, 5.74) is 2.48. The van der Waals surface area contributed by atoms with Crippen molar-refractivity contribution in [1.29, 1.82) is 0 Å². The van der Waals surface area contributed by atoms with E-state index in [0.29, 0.717) is 11.1 Å². The van der Waals surface area contributed by atoms with Crippen LogP contribution in [0.4, 0.5) is 17.4 Å². The minimum absolute atomic E-state index is 0.0186. The van der Waals surface area contributed by atoms with Gasteiger partial charge in [0.25, 0.3) is 11.7 Å². The van der Waals surface area contributed by atoms with Gasteiger partial charge >= 0.3 is 0 Å². The van der Waals surface area contributed by atoms with Gasteiger partial charge in [-0.1, -0.05) is 0 Å². The summed E-state index contributed by atoms with van der Waals surface area (Å²) in [5.74, 6) is 0. The summed E-state index contributed by atoms with van der Waals surface area (Å²) < 4.78 is 7.16. The predicted octanol–water partition coefficient (Wildman–Crippen LogP) is 2.52. The quantitative estimate of drug-likeness (QED) is 0.581. The average Bonchev–Trinajstić information content (AvgIpc) is 2.91. The number of rotatable bonds is 3. The number of nitro benzene ring substituents is 1. The standard InChI is InChI=1S/C12H11N5O3/c1-7-10(6-16(2)15-7)14-12-13-9-5-8(17(18)19)3-4-11(9)20-12/h3-6H,1-2H3,(H,13,14). The topological polar surface area (TPSA) is 99.0 Å². The molecule has 0 bridgehead atoms. The maximum atomic E-state index is 10.7. The maximum absolute atomic E-state index is 10.7. The molecule has 1 aromatic carbocycles. The number of aromatic nitrogens is 3. The zero-order chi connectivity index (χ0) is 14.3. The van der Waals surface area contributed by atoms with Crippen LogP contribution in [0.15, 0.2) is 28.8 Å². The van der Waals surface area contributed by atoms with Gasteiger partial charge in [-0.3, -0.25) is 14.8 Å². The highest BCUT2D eigenvalue weighted by Gasteiger charge is 2.13. The van der Waals surface area contributed by atoms with E-state index in [9.17, 15) is 10.1 Å². The summed E-state index contributed by atoms with van der Waals surface area (Å²) in [4.78, 5) is 14.4. The second-order valence-corrected chi connectivity index (χ2v) is 4.36. The van der Waals surface area contributed by atoms with Gasteiger partial charge in [-0.2, -0.15) is 10.1 Å². The van der Waals surface area contributed by atoms with Crippen molar-refractivity contribution < 1.29 is 9.34 Å². The number of nitro groups is 1. The number of benzene rings is 1. The van der Waals surface area contributed by atoms with Gasteiger partial charge in [0.2, 0.25) is 0 Å². The second kappa shape index (κ2) is 4.34. The van der Waals surface area contributed by atoms with E-state index in [1.54, 1.807) is 10.9 Å². The third-order valence-electron chi connectivity index (χ3n) is 2.84. The minimum Gasteiger partial charge on any atom is -0.423 e. The SMILES string of the molecule is Cc1nn(C)cc1Nc1nc2cc([N+](=O)[O-])ccc2o1. The van der Waals surface area contributed by atoms with Gasteiger partial charge in [0.1, 0.15) is 5.52 Å². The summed E-state index contributed by atoms with van der Waals surface area (Å²) >= 11 is 0. The van der Waals surface area contributed by atoms with Crippen LogP contribution in [0.1, 0.15) is 5.69 Å². The number of nitrogens with zero attached hydrogens (tertiary/aromatic N) is 4. The van der Waals surface area contributed by atoms with Crippen molar-refractivity contribution >= 4 is 28.5 Å². The average molecular weight is 273 g/mol. The Labute approximate surface area is 113 Å². The molecular weight excluding hydrogens is 262 g/mol. The zero-order valence-corrected chi connectivity index (χ0v) is 10.8. The molecule has 2 aromatic heterocycles. The summed E-state index contributed by atoms with van der Waals surface area (Å²) in [6, 6.07) is 4.56. The van der Waals surface area contributed by atoms with Crippen LogP contribution in [0.25, 0.3) is 11.1 Å². The molecule has 8 heteroatoms. The van der Waals surface area contributed by atoms with E-state index in [4.69, 9.17) is 4.42 Å². The van der Waals surface area contributed by atoms with Crippen molar-refractivity contribution in [3.05, 3.63) is 40.2 Å². The Bertz CT molecular complexity index is 805. The molecule has 0 aliphatic heterocycles. The van der Waals surface area contributed by atoms with Crippen molar-refractivity contribution in [2.75, 3.05) is 5.32 Å². The highest BCUT2D eigenvalue weighted by molar-refractivity contribution is 5.78. The van der Waals surface area contributed by atoms with E-state index >= 15 is 0 Å². The molecule has 0 spiro atoms. The molecule has 102 valence electrons. The number of hydrogen-bond donors (Lipinski definition) is 1. The highest BCUT2D eigenvalue weighted by atomic mass is 16.6. The van der Waals surface area contributed by atoms with Crippen LogP contribution < -0.4 is 5.32 Å². The molecular formula is C12H11N5O3. The molecule has 0 radical (unpaired) electrons. The molecule has 3 aromatic rings. The number of nitrogens with one attached hydrogen (secondary N) is 1. The molecule has 0 saturated heterocycles. The highest BCUT2D eigenvalue weighted by Crippen LogP contribution is 2.26. The largest absolute Gasteiger partial charge is 0.423 e. The number of fused-ring (bicyclic) bond motifs is 1. The summed E-state index contributed by atoms with van der Waals surface area (Å²) in [7, 11) is 1.81. The van der Waals surface area contributed by atoms with Crippen molar-refractivity contribution in [2.24, 2.45) is 7.05 Å². The van der Waals surface area contributed by atoms with Crippen LogP contribution in [0, 0.1) is 17.0 Å². The Morgan fingerprint density at radius 2 is 2.25 bits per heavy atom. The van der Waals surface area contributed by atoms with Crippen molar-refractivity contribution in [2.45, 2.75) is 6.92 Å². The Balaban J connectivity index is 1.96. The monoisotopic (exact) mass is 273 g/mol. The number of oxazole rings is 1. The molecule has 0 saturated carbocycles. The maximum Gasteiger partial charge on any atom is 0.300 e. The first kappa shape index (κ1) is 12.2. The lowest BCUT2D eigenvalue weighted by molar-refractivity contribution is -0.384.